The van der Waals surface area contributed by atoms with Gasteiger partial charge in [-0.3, -0.25) is 14.4 Å². The van der Waals surface area contributed by atoms with E-state index in [-0.39, 0.29) is 12.5 Å². The second-order valence-electron chi connectivity index (χ2n) is 9.60. The van der Waals surface area contributed by atoms with Gasteiger partial charge in [0.15, 0.2) is 0 Å². The lowest BCUT2D eigenvalue weighted by Gasteiger charge is -2.38. The molecule has 2 aromatic carbocycles. The van der Waals surface area contributed by atoms with Gasteiger partial charge in [-0.2, -0.15) is 0 Å². The number of rotatable bonds is 7. The van der Waals surface area contributed by atoms with E-state index in [1.807, 2.05) is 23.1 Å². The van der Waals surface area contributed by atoms with Crippen molar-refractivity contribution in [3.8, 4) is 11.1 Å². The SMILES string of the molecule is O=C(c1ccc(-c2cccc(NS(=O)(=O)C3CCOC3)c2)cc1)N1CCN(C(O)C2(O)CC2)CC1. The third kappa shape index (κ3) is 5.22. The van der Waals surface area contributed by atoms with Crippen molar-refractivity contribution in [2.24, 2.45) is 0 Å². The standard InChI is InChI=1S/C25H31N3O6S/c29-23(27-11-13-28(14-12-27)24(30)25(31)9-10-25)19-6-4-18(5-7-19)20-2-1-3-21(16-20)26-35(32,33)22-8-15-34-17-22/h1-7,16,22,24,26,30-31H,8-15,17H2. The van der Waals surface area contributed by atoms with Crippen LogP contribution in [0.5, 0.6) is 0 Å². The number of ether oxygens (including phenoxy) is 1. The van der Waals surface area contributed by atoms with Crippen LogP contribution >= 0.6 is 0 Å². The number of aliphatic hydroxyl groups excluding tert-OH is 1. The van der Waals surface area contributed by atoms with E-state index in [0.29, 0.717) is 63.3 Å². The summed E-state index contributed by atoms with van der Waals surface area (Å²) >= 11 is 0. The minimum atomic E-state index is -3.51. The van der Waals surface area contributed by atoms with Crippen LogP contribution in [-0.4, -0.2) is 90.8 Å². The van der Waals surface area contributed by atoms with Crippen molar-refractivity contribution in [3.05, 3.63) is 54.1 Å². The van der Waals surface area contributed by atoms with Crippen LogP contribution in [0.2, 0.25) is 0 Å². The lowest BCUT2D eigenvalue weighted by molar-refractivity contribution is -0.108. The highest BCUT2D eigenvalue weighted by Crippen LogP contribution is 2.39. The van der Waals surface area contributed by atoms with Crippen LogP contribution in [0.15, 0.2) is 48.5 Å². The van der Waals surface area contributed by atoms with Crippen LogP contribution in [0, 0.1) is 0 Å². The Bertz CT molecular complexity index is 1170. The fourth-order valence-corrected chi connectivity index (χ4v) is 5.96. The highest BCUT2D eigenvalue weighted by Gasteiger charge is 2.50. The maximum atomic E-state index is 13.0. The number of piperazine rings is 1. The summed E-state index contributed by atoms with van der Waals surface area (Å²) in [7, 11) is -3.51. The summed E-state index contributed by atoms with van der Waals surface area (Å²) in [5.74, 6) is -0.0730. The normalized spacial score (nSPS) is 23.1. The molecule has 1 aliphatic carbocycles. The van der Waals surface area contributed by atoms with E-state index >= 15 is 0 Å². The lowest BCUT2D eigenvalue weighted by Crippen LogP contribution is -2.55. The highest BCUT2D eigenvalue weighted by atomic mass is 32.2. The lowest BCUT2D eigenvalue weighted by atomic mass is 10.0. The highest BCUT2D eigenvalue weighted by molar-refractivity contribution is 7.93. The Morgan fingerprint density at radius 2 is 1.77 bits per heavy atom. The number of nitrogens with one attached hydrogen (secondary N) is 1. The number of anilines is 1. The Morgan fingerprint density at radius 3 is 2.40 bits per heavy atom. The van der Waals surface area contributed by atoms with Crippen molar-refractivity contribution >= 4 is 21.6 Å². The Hall–Kier alpha value is -2.50. The zero-order valence-corrected chi connectivity index (χ0v) is 20.3. The maximum absolute atomic E-state index is 13.0. The predicted molar refractivity (Wildman–Crippen MR) is 131 cm³/mol. The second-order valence-corrected chi connectivity index (χ2v) is 11.6. The largest absolute Gasteiger partial charge is 0.386 e. The monoisotopic (exact) mass is 501 g/mol. The molecular formula is C25H31N3O6S. The quantitative estimate of drug-likeness (QED) is 0.526. The van der Waals surface area contributed by atoms with Crippen molar-refractivity contribution in [2.75, 3.05) is 44.1 Å². The molecule has 1 amide bonds. The van der Waals surface area contributed by atoms with Crippen LogP contribution in [0.3, 0.4) is 0 Å². The molecule has 2 atom stereocenters. The molecule has 10 heteroatoms. The predicted octanol–water partition coefficient (Wildman–Crippen LogP) is 1.49. The van der Waals surface area contributed by atoms with Crippen LogP contribution in [0.4, 0.5) is 5.69 Å². The molecule has 1 saturated carbocycles. The summed E-state index contributed by atoms with van der Waals surface area (Å²) in [4.78, 5) is 16.6. The van der Waals surface area contributed by atoms with Crippen molar-refractivity contribution in [2.45, 2.75) is 36.3 Å². The molecule has 9 nitrogen and oxygen atoms in total. The second kappa shape index (κ2) is 9.51. The van der Waals surface area contributed by atoms with Crippen molar-refractivity contribution in [1.82, 2.24) is 9.80 Å². The van der Waals surface area contributed by atoms with Crippen LogP contribution in [0.25, 0.3) is 11.1 Å². The fourth-order valence-electron chi connectivity index (χ4n) is 4.65. The number of nitrogens with zero attached hydrogens (tertiary/aromatic N) is 2. The first-order chi connectivity index (χ1) is 16.7. The van der Waals surface area contributed by atoms with Crippen molar-refractivity contribution < 1.29 is 28.2 Å². The van der Waals surface area contributed by atoms with Gasteiger partial charge in [0, 0.05) is 44.0 Å². The number of benzene rings is 2. The number of aliphatic hydroxyl groups is 2. The zero-order valence-electron chi connectivity index (χ0n) is 19.5. The molecular weight excluding hydrogens is 470 g/mol. The van der Waals surface area contributed by atoms with Gasteiger partial charge in [0.25, 0.3) is 5.91 Å². The van der Waals surface area contributed by atoms with Gasteiger partial charge < -0.3 is 19.8 Å². The number of sulfonamides is 1. The van der Waals surface area contributed by atoms with Gasteiger partial charge in [0.2, 0.25) is 10.0 Å². The Balaban J connectivity index is 1.21. The summed E-state index contributed by atoms with van der Waals surface area (Å²) in [6.45, 7) is 2.68. The molecule has 35 heavy (non-hydrogen) atoms. The van der Waals surface area contributed by atoms with E-state index in [4.69, 9.17) is 4.74 Å². The zero-order chi connectivity index (χ0) is 24.6. The first-order valence-corrected chi connectivity index (χ1v) is 13.5. The fraction of sp³-hybridized carbons (Fsp3) is 0.480. The van der Waals surface area contributed by atoms with Crippen LogP contribution in [-0.2, 0) is 14.8 Å². The van der Waals surface area contributed by atoms with E-state index < -0.39 is 27.1 Å². The van der Waals surface area contributed by atoms with Crippen molar-refractivity contribution in [1.29, 1.82) is 0 Å². The first kappa shape index (κ1) is 24.2. The molecule has 3 N–H and O–H groups in total. The molecule has 2 aliphatic heterocycles. The number of amides is 1. The Labute approximate surface area is 205 Å². The van der Waals surface area contributed by atoms with Crippen molar-refractivity contribution in [3.63, 3.8) is 0 Å². The van der Waals surface area contributed by atoms with Crippen LogP contribution in [0.1, 0.15) is 29.6 Å². The van der Waals surface area contributed by atoms with Crippen LogP contribution < -0.4 is 4.72 Å². The molecule has 0 bridgehead atoms. The summed E-state index contributed by atoms with van der Waals surface area (Å²) < 4.78 is 33.0. The topological polar surface area (TPSA) is 119 Å². The van der Waals surface area contributed by atoms with Gasteiger partial charge in [0.05, 0.1) is 6.61 Å². The van der Waals surface area contributed by atoms with Gasteiger partial charge in [-0.05, 0) is 54.7 Å². The molecule has 188 valence electrons. The maximum Gasteiger partial charge on any atom is 0.253 e. The van der Waals surface area contributed by atoms with E-state index in [1.54, 1.807) is 35.2 Å². The smallest absolute Gasteiger partial charge is 0.253 e. The minimum absolute atomic E-state index is 0.0730. The molecule has 0 radical (unpaired) electrons. The van der Waals surface area contributed by atoms with Gasteiger partial charge in [-0.1, -0.05) is 24.3 Å². The Morgan fingerprint density at radius 1 is 1.06 bits per heavy atom. The van der Waals surface area contributed by atoms with Gasteiger partial charge in [-0.25, -0.2) is 8.42 Å². The van der Waals surface area contributed by atoms with E-state index in [1.165, 1.54) is 0 Å². The molecule has 2 saturated heterocycles. The molecule has 3 fully saturated rings. The molecule has 5 rings (SSSR count). The van der Waals surface area contributed by atoms with Gasteiger partial charge in [-0.15, -0.1) is 0 Å². The van der Waals surface area contributed by atoms with E-state index in [0.717, 1.165) is 11.1 Å². The van der Waals surface area contributed by atoms with E-state index in [9.17, 15) is 23.4 Å². The molecule has 2 aromatic rings. The average Bonchev–Trinajstić information content (AvgIpc) is 3.37. The summed E-state index contributed by atoms with van der Waals surface area (Å²) in [5, 5.41) is 19.9. The first-order valence-electron chi connectivity index (χ1n) is 12.0. The van der Waals surface area contributed by atoms with E-state index in [2.05, 4.69) is 4.72 Å². The number of carbonyl (C=O) groups excluding carboxylic acids is 1. The molecule has 0 aromatic heterocycles. The molecule has 2 unspecified atom stereocenters. The number of hydrogen-bond donors (Lipinski definition) is 3. The number of hydrogen-bond acceptors (Lipinski definition) is 7. The summed E-state index contributed by atoms with van der Waals surface area (Å²) in [5.41, 5.74) is 1.79. The third-order valence-corrected chi connectivity index (χ3v) is 8.87. The molecule has 2 heterocycles. The third-order valence-electron chi connectivity index (χ3n) is 7.10. The van der Waals surface area contributed by atoms with Gasteiger partial charge in [0.1, 0.15) is 17.1 Å². The van der Waals surface area contributed by atoms with Gasteiger partial charge >= 0.3 is 0 Å². The summed E-state index contributed by atoms with van der Waals surface area (Å²) in [6, 6.07) is 14.4. The minimum Gasteiger partial charge on any atom is -0.386 e. The average molecular weight is 502 g/mol. The summed E-state index contributed by atoms with van der Waals surface area (Å²) in [6.07, 6.45) is 0.849. The molecule has 0 spiro atoms. The number of carbonyl (C=O) groups is 1. The molecule has 3 aliphatic rings. The Kier molecular flexibility index (Phi) is 6.58.